The van der Waals surface area contributed by atoms with Crippen LogP contribution in [0.15, 0.2) is 48.5 Å². The zero-order valence-electron chi connectivity index (χ0n) is 14.0. The summed E-state index contributed by atoms with van der Waals surface area (Å²) < 4.78 is 18.3. The van der Waals surface area contributed by atoms with Crippen LogP contribution in [0.5, 0.6) is 0 Å². The summed E-state index contributed by atoms with van der Waals surface area (Å²) in [4.78, 5) is 24.1. The lowest BCUT2D eigenvalue weighted by Crippen LogP contribution is -2.29. The van der Waals surface area contributed by atoms with Gasteiger partial charge < -0.3 is 15.4 Å². The average Bonchev–Trinajstić information content (AvgIpc) is 2.61. The first-order valence-electron chi connectivity index (χ1n) is 8.15. The zero-order valence-corrected chi connectivity index (χ0v) is 14.0. The summed E-state index contributed by atoms with van der Waals surface area (Å²) >= 11 is 0. The molecule has 0 aliphatic heterocycles. The van der Waals surface area contributed by atoms with Crippen LogP contribution in [0.25, 0.3) is 0 Å². The second-order valence-electron chi connectivity index (χ2n) is 5.47. The van der Waals surface area contributed by atoms with E-state index in [0.717, 1.165) is 12.8 Å². The maximum atomic E-state index is 13.1. The van der Waals surface area contributed by atoms with Crippen molar-refractivity contribution in [1.82, 2.24) is 5.32 Å². The van der Waals surface area contributed by atoms with E-state index in [4.69, 9.17) is 4.74 Å². The first kappa shape index (κ1) is 18.4. The van der Waals surface area contributed by atoms with Gasteiger partial charge in [0.25, 0.3) is 0 Å². The Hall–Kier alpha value is -2.89. The molecular formula is C19H21FN2O3. The fourth-order valence-corrected chi connectivity index (χ4v) is 2.15. The van der Waals surface area contributed by atoms with Crippen molar-refractivity contribution in [2.75, 3.05) is 11.9 Å². The van der Waals surface area contributed by atoms with Crippen LogP contribution in [-0.4, -0.2) is 18.6 Å². The maximum Gasteiger partial charge on any atom is 0.340 e. The van der Waals surface area contributed by atoms with Crippen LogP contribution in [0.2, 0.25) is 0 Å². The predicted octanol–water partition coefficient (Wildman–Crippen LogP) is 4.10. The number of urea groups is 1. The van der Waals surface area contributed by atoms with Gasteiger partial charge in [-0.1, -0.05) is 37.6 Å². The van der Waals surface area contributed by atoms with E-state index in [2.05, 4.69) is 10.6 Å². The molecule has 0 unspecified atom stereocenters. The fraction of sp³-hybridized carbons (Fsp3) is 0.263. The Bertz CT molecular complexity index is 734. The molecule has 0 aromatic heterocycles. The fourth-order valence-electron chi connectivity index (χ4n) is 2.15. The molecule has 6 heteroatoms. The molecule has 0 spiro atoms. The molecule has 0 aliphatic carbocycles. The number of halogens is 1. The van der Waals surface area contributed by atoms with Crippen molar-refractivity contribution in [2.24, 2.45) is 0 Å². The standard InChI is InChI=1S/C19H21FN2O3/c1-2-3-11-25-18(23)16-9-4-5-10-17(16)22-19(24)21-13-14-7-6-8-15(20)12-14/h4-10,12H,2-3,11,13H2,1H3,(H2,21,22,24). The third-order valence-corrected chi connectivity index (χ3v) is 3.47. The van der Waals surface area contributed by atoms with Crippen LogP contribution in [-0.2, 0) is 11.3 Å². The number of nitrogens with one attached hydrogen (secondary N) is 2. The van der Waals surface area contributed by atoms with E-state index in [1.165, 1.54) is 12.1 Å². The molecule has 2 aromatic rings. The SMILES string of the molecule is CCCCOC(=O)c1ccccc1NC(=O)NCc1cccc(F)c1. The van der Waals surface area contributed by atoms with Crippen molar-refractivity contribution in [3.05, 3.63) is 65.5 Å². The minimum absolute atomic E-state index is 0.173. The molecule has 25 heavy (non-hydrogen) atoms. The second-order valence-corrected chi connectivity index (χ2v) is 5.47. The minimum atomic E-state index is -0.488. The lowest BCUT2D eigenvalue weighted by molar-refractivity contribution is 0.0501. The van der Waals surface area contributed by atoms with Crippen molar-refractivity contribution >= 4 is 17.7 Å². The third-order valence-electron chi connectivity index (χ3n) is 3.47. The molecule has 0 saturated carbocycles. The Balaban J connectivity index is 1.95. The summed E-state index contributed by atoms with van der Waals surface area (Å²) in [5.74, 6) is -0.839. The normalized spacial score (nSPS) is 10.2. The third kappa shape index (κ3) is 5.91. The van der Waals surface area contributed by atoms with Gasteiger partial charge >= 0.3 is 12.0 Å². The molecule has 0 fully saturated rings. The quantitative estimate of drug-likeness (QED) is 0.587. The summed E-state index contributed by atoms with van der Waals surface area (Å²) in [5, 5.41) is 5.25. The van der Waals surface area contributed by atoms with Crippen molar-refractivity contribution in [3.63, 3.8) is 0 Å². The number of para-hydroxylation sites is 1. The number of amides is 2. The number of rotatable bonds is 7. The monoisotopic (exact) mass is 344 g/mol. The molecule has 0 aliphatic rings. The van der Waals surface area contributed by atoms with E-state index in [0.29, 0.717) is 23.4 Å². The van der Waals surface area contributed by atoms with Crippen molar-refractivity contribution in [2.45, 2.75) is 26.3 Å². The largest absolute Gasteiger partial charge is 0.462 e. The average molecular weight is 344 g/mol. The molecule has 5 nitrogen and oxygen atoms in total. The molecule has 0 radical (unpaired) electrons. The molecule has 2 amide bonds. The molecule has 2 N–H and O–H groups in total. The Morgan fingerprint density at radius 1 is 1.12 bits per heavy atom. The second kappa shape index (κ2) is 9.42. The number of benzene rings is 2. The molecule has 0 bridgehead atoms. The Kier molecular flexibility index (Phi) is 6.95. The summed E-state index contributed by atoms with van der Waals surface area (Å²) in [6, 6.07) is 12.1. The minimum Gasteiger partial charge on any atom is -0.462 e. The summed E-state index contributed by atoms with van der Waals surface area (Å²) in [7, 11) is 0. The lowest BCUT2D eigenvalue weighted by atomic mass is 10.2. The summed E-state index contributed by atoms with van der Waals surface area (Å²) in [6.07, 6.45) is 1.71. The number of carbonyl (C=O) groups excluding carboxylic acids is 2. The highest BCUT2D eigenvalue weighted by molar-refractivity contribution is 6.00. The van der Waals surface area contributed by atoms with Gasteiger partial charge in [0.2, 0.25) is 0 Å². The van der Waals surface area contributed by atoms with E-state index in [9.17, 15) is 14.0 Å². The molecular weight excluding hydrogens is 323 g/mol. The Morgan fingerprint density at radius 2 is 1.92 bits per heavy atom. The van der Waals surface area contributed by atoms with Crippen LogP contribution in [0.4, 0.5) is 14.9 Å². The van der Waals surface area contributed by atoms with Crippen LogP contribution in [0.1, 0.15) is 35.7 Å². The van der Waals surface area contributed by atoms with Gasteiger partial charge in [-0.2, -0.15) is 0 Å². The number of anilines is 1. The van der Waals surface area contributed by atoms with Crippen LogP contribution < -0.4 is 10.6 Å². The van der Waals surface area contributed by atoms with Crippen molar-refractivity contribution in [3.8, 4) is 0 Å². The highest BCUT2D eigenvalue weighted by Gasteiger charge is 2.14. The number of esters is 1. The molecule has 132 valence electrons. The van der Waals surface area contributed by atoms with Crippen LogP contribution in [0, 0.1) is 5.82 Å². The highest BCUT2D eigenvalue weighted by atomic mass is 19.1. The molecule has 2 aromatic carbocycles. The van der Waals surface area contributed by atoms with Gasteiger partial charge in [0.15, 0.2) is 0 Å². The van der Waals surface area contributed by atoms with Crippen LogP contribution in [0.3, 0.4) is 0 Å². The number of carbonyl (C=O) groups is 2. The lowest BCUT2D eigenvalue weighted by Gasteiger charge is -2.12. The summed E-state index contributed by atoms with van der Waals surface area (Å²) in [6.45, 7) is 2.52. The Morgan fingerprint density at radius 3 is 2.68 bits per heavy atom. The molecule has 0 atom stereocenters. The zero-order chi connectivity index (χ0) is 18.1. The topological polar surface area (TPSA) is 67.4 Å². The van der Waals surface area contributed by atoms with Gasteiger partial charge in [0.1, 0.15) is 5.82 Å². The van der Waals surface area contributed by atoms with Gasteiger partial charge in [-0.25, -0.2) is 14.0 Å². The summed E-state index contributed by atoms with van der Waals surface area (Å²) in [5.41, 5.74) is 1.29. The van der Waals surface area contributed by atoms with Crippen molar-refractivity contribution < 1.29 is 18.7 Å². The van der Waals surface area contributed by atoms with E-state index < -0.39 is 12.0 Å². The van der Waals surface area contributed by atoms with E-state index >= 15 is 0 Å². The van der Waals surface area contributed by atoms with E-state index in [1.807, 2.05) is 6.92 Å². The molecule has 2 rings (SSSR count). The predicted molar refractivity (Wildman–Crippen MR) is 93.9 cm³/mol. The number of unbranched alkanes of at least 4 members (excludes halogenated alkanes) is 1. The first-order chi connectivity index (χ1) is 12.1. The number of hydrogen-bond acceptors (Lipinski definition) is 3. The maximum absolute atomic E-state index is 13.1. The number of hydrogen-bond donors (Lipinski definition) is 2. The van der Waals surface area contributed by atoms with Gasteiger partial charge in [0, 0.05) is 6.54 Å². The smallest absolute Gasteiger partial charge is 0.340 e. The van der Waals surface area contributed by atoms with Gasteiger partial charge in [-0.3, -0.25) is 0 Å². The van der Waals surface area contributed by atoms with Gasteiger partial charge in [-0.15, -0.1) is 0 Å². The van der Waals surface area contributed by atoms with Crippen LogP contribution >= 0.6 is 0 Å². The Labute approximate surface area is 146 Å². The van der Waals surface area contributed by atoms with Crippen molar-refractivity contribution in [1.29, 1.82) is 0 Å². The highest BCUT2D eigenvalue weighted by Crippen LogP contribution is 2.16. The van der Waals surface area contributed by atoms with E-state index in [1.54, 1.807) is 36.4 Å². The number of ether oxygens (including phenoxy) is 1. The van der Waals surface area contributed by atoms with Gasteiger partial charge in [0.05, 0.1) is 17.9 Å². The van der Waals surface area contributed by atoms with Gasteiger partial charge in [-0.05, 0) is 36.2 Å². The molecule has 0 heterocycles. The molecule has 0 saturated heterocycles. The first-order valence-corrected chi connectivity index (χ1v) is 8.15. The van der Waals surface area contributed by atoms with E-state index in [-0.39, 0.29) is 12.4 Å².